The Morgan fingerprint density at radius 3 is 2.35 bits per heavy atom. The van der Waals surface area contributed by atoms with Gasteiger partial charge in [0.15, 0.2) is 0 Å². The minimum absolute atomic E-state index is 0.0560. The maximum absolute atomic E-state index is 11.8. The van der Waals surface area contributed by atoms with E-state index < -0.39 is 0 Å². The lowest BCUT2D eigenvalue weighted by Gasteiger charge is -2.32. The van der Waals surface area contributed by atoms with Gasteiger partial charge in [-0.2, -0.15) is 0 Å². The predicted octanol–water partition coefficient (Wildman–Crippen LogP) is 1.41. The van der Waals surface area contributed by atoms with Crippen molar-refractivity contribution < 1.29 is 9.59 Å². The molecule has 0 atom stereocenters. The molecule has 1 aliphatic rings. The first kappa shape index (κ1) is 14.0. The van der Waals surface area contributed by atoms with Crippen molar-refractivity contribution in [2.75, 3.05) is 19.6 Å². The number of amides is 2. The van der Waals surface area contributed by atoms with Gasteiger partial charge in [-0.3, -0.25) is 9.59 Å². The average molecular weight is 240 g/mol. The Bertz CT molecular complexity index is 269. The minimum atomic E-state index is 0.0560. The maximum atomic E-state index is 11.8. The van der Waals surface area contributed by atoms with Crippen LogP contribution in [-0.4, -0.2) is 36.3 Å². The third kappa shape index (κ3) is 4.02. The summed E-state index contributed by atoms with van der Waals surface area (Å²) in [7, 11) is 0. The third-order valence-corrected chi connectivity index (χ3v) is 3.22. The van der Waals surface area contributed by atoms with E-state index in [1.165, 1.54) is 0 Å². The van der Waals surface area contributed by atoms with Gasteiger partial charge in [0.25, 0.3) is 0 Å². The van der Waals surface area contributed by atoms with Crippen LogP contribution in [0.15, 0.2) is 0 Å². The Hall–Kier alpha value is -1.06. The Morgan fingerprint density at radius 1 is 1.29 bits per heavy atom. The number of likely N-dealkylation sites (tertiary alicyclic amines) is 1. The highest BCUT2D eigenvalue weighted by atomic mass is 16.2. The second-order valence-electron chi connectivity index (χ2n) is 5.05. The molecule has 98 valence electrons. The topological polar surface area (TPSA) is 49.4 Å². The second kappa shape index (κ2) is 6.62. The largest absolute Gasteiger partial charge is 0.356 e. The molecule has 0 spiro atoms. The number of hydrogen-bond donors (Lipinski definition) is 1. The molecule has 4 heteroatoms. The number of carbonyl (C=O) groups is 2. The summed E-state index contributed by atoms with van der Waals surface area (Å²) < 4.78 is 0. The summed E-state index contributed by atoms with van der Waals surface area (Å²) in [6, 6.07) is 0. The molecule has 1 rings (SSSR count). The SMILES string of the molecule is CCCNC(=O)C1CCN(C(=O)C(C)C)CC1. The van der Waals surface area contributed by atoms with Crippen LogP contribution in [0.25, 0.3) is 0 Å². The van der Waals surface area contributed by atoms with Gasteiger partial charge in [0.2, 0.25) is 11.8 Å². The van der Waals surface area contributed by atoms with Gasteiger partial charge in [0.1, 0.15) is 0 Å². The molecule has 17 heavy (non-hydrogen) atoms. The molecule has 1 fully saturated rings. The van der Waals surface area contributed by atoms with Crippen molar-refractivity contribution >= 4 is 11.8 Å². The molecule has 1 aliphatic heterocycles. The Balaban J connectivity index is 2.35. The van der Waals surface area contributed by atoms with Gasteiger partial charge in [-0.25, -0.2) is 0 Å². The molecule has 1 heterocycles. The van der Waals surface area contributed by atoms with Crippen LogP contribution >= 0.6 is 0 Å². The highest BCUT2D eigenvalue weighted by Crippen LogP contribution is 2.18. The number of nitrogens with zero attached hydrogens (tertiary/aromatic N) is 1. The van der Waals surface area contributed by atoms with Crippen LogP contribution in [0.4, 0.5) is 0 Å². The fourth-order valence-electron chi connectivity index (χ4n) is 2.12. The van der Waals surface area contributed by atoms with Crippen molar-refractivity contribution in [2.24, 2.45) is 11.8 Å². The minimum Gasteiger partial charge on any atom is -0.356 e. The van der Waals surface area contributed by atoms with Gasteiger partial charge >= 0.3 is 0 Å². The fraction of sp³-hybridized carbons (Fsp3) is 0.846. The van der Waals surface area contributed by atoms with Crippen molar-refractivity contribution in [2.45, 2.75) is 40.0 Å². The molecular weight excluding hydrogens is 216 g/mol. The van der Waals surface area contributed by atoms with E-state index in [4.69, 9.17) is 0 Å². The van der Waals surface area contributed by atoms with Crippen LogP contribution in [0, 0.1) is 11.8 Å². The monoisotopic (exact) mass is 240 g/mol. The molecule has 1 N–H and O–H groups in total. The molecule has 0 aliphatic carbocycles. The van der Waals surface area contributed by atoms with Crippen LogP contribution in [0.3, 0.4) is 0 Å². The smallest absolute Gasteiger partial charge is 0.225 e. The molecule has 4 nitrogen and oxygen atoms in total. The van der Waals surface area contributed by atoms with E-state index in [1.54, 1.807) is 0 Å². The first-order valence-electron chi connectivity index (χ1n) is 6.62. The van der Waals surface area contributed by atoms with E-state index in [1.807, 2.05) is 25.7 Å². The predicted molar refractivity (Wildman–Crippen MR) is 67.4 cm³/mol. The van der Waals surface area contributed by atoms with Crippen LogP contribution in [0.2, 0.25) is 0 Å². The lowest BCUT2D eigenvalue weighted by molar-refractivity contribution is -0.138. The van der Waals surface area contributed by atoms with E-state index in [2.05, 4.69) is 5.32 Å². The van der Waals surface area contributed by atoms with E-state index in [0.29, 0.717) is 0 Å². The molecule has 0 aromatic rings. The van der Waals surface area contributed by atoms with Gasteiger partial charge in [0, 0.05) is 31.5 Å². The summed E-state index contributed by atoms with van der Waals surface area (Å²) in [5.41, 5.74) is 0. The zero-order valence-electron chi connectivity index (χ0n) is 11.2. The molecule has 0 aromatic carbocycles. The van der Waals surface area contributed by atoms with Crippen molar-refractivity contribution in [3.8, 4) is 0 Å². The van der Waals surface area contributed by atoms with Crippen LogP contribution in [0.5, 0.6) is 0 Å². The third-order valence-electron chi connectivity index (χ3n) is 3.22. The normalized spacial score (nSPS) is 17.3. The number of nitrogens with one attached hydrogen (secondary N) is 1. The lowest BCUT2D eigenvalue weighted by atomic mass is 9.95. The summed E-state index contributed by atoms with van der Waals surface area (Å²) in [6.07, 6.45) is 2.57. The molecule has 2 amide bonds. The second-order valence-corrected chi connectivity index (χ2v) is 5.05. The first-order valence-corrected chi connectivity index (χ1v) is 6.62. The summed E-state index contributed by atoms with van der Waals surface area (Å²) in [6.45, 7) is 8.08. The Morgan fingerprint density at radius 2 is 1.88 bits per heavy atom. The highest BCUT2D eigenvalue weighted by Gasteiger charge is 2.27. The molecular formula is C13H24N2O2. The number of carbonyl (C=O) groups excluding carboxylic acids is 2. The number of rotatable bonds is 4. The Labute approximate surface area is 104 Å². The zero-order valence-corrected chi connectivity index (χ0v) is 11.2. The molecule has 0 unspecified atom stereocenters. The zero-order chi connectivity index (χ0) is 12.8. The molecule has 0 saturated carbocycles. The van der Waals surface area contributed by atoms with E-state index in [0.717, 1.165) is 38.9 Å². The quantitative estimate of drug-likeness (QED) is 0.807. The molecule has 0 aromatic heterocycles. The summed E-state index contributed by atoms with van der Waals surface area (Å²) in [5, 5.41) is 2.93. The van der Waals surface area contributed by atoms with Crippen molar-refractivity contribution in [1.82, 2.24) is 10.2 Å². The van der Waals surface area contributed by atoms with Gasteiger partial charge in [-0.1, -0.05) is 20.8 Å². The van der Waals surface area contributed by atoms with E-state index in [-0.39, 0.29) is 23.7 Å². The fourth-order valence-corrected chi connectivity index (χ4v) is 2.12. The van der Waals surface area contributed by atoms with Gasteiger partial charge in [-0.15, -0.1) is 0 Å². The van der Waals surface area contributed by atoms with Crippen molar-refractivity contribution in [1.29, 1.82) is 0 Å². The number of hydrogen-bond acceptors (Lipinski definition) is 2. The van der Waals surface area contributed by atoms with Crippen LogP contribution < -0.4 is 5.32 Å². The van der Waals surface area contributed by atoms with Crippen molar-refractivity contribution in [3.05, 3.63) is 0 Å². The Kier molecular flexibility index (Phi) is 5.45. The standard InChI is InChI=1S/C13H24N2O2/c1-4-7-14-12(16)11-5-8-15(9-6-11)13(17)10(2)3/h10-11H,4-9H2,1-3H3,(H,14,16). The van der Waals surface area contributed by atoms with Crippen LogP contribution in [-0.2, 0) is 9.59 Å². The molecule has 0 bridgehead atoms. The van der Waals surface area contributed by atoms with Gasteiger partial charge in [-0.05, 0) is 19.3 Å². The summed E-state index contributed by atoms with van der Waals surface area (Å²) >= 11 is 0. The molecule has 1 saturated heterocycles. The summed E-state index contributed by atoms with van der Waals surface area (Å²) in [5.74, 6) is 0.513. The van der Waals surface area contributed by atoms with E-state index in [9.17, 15) is 9.59 Å². The average Bonchev–Trinajstić information content (AvgIpc) is 2.35. The lowest BCUT2D eigenvalue weighted by Crippen LogP contribution is -2.44. The highest BCUT2D eigenvalue weighted by molar-refractivity contribution is 5.80. The molecule has 0 radical (unpaired) electrons. The van der Waals surface area contributed by atoms with Gasteiger partial charge < -0.3 is 10.2 Å². The van der Waals surface area contributed by atoms with Gasteiger partial charge in [0.05, 0.1) is 0 Å². The van der Waals surface area contributed by atoms with Crippen molar-refractivity contribution in [3.63, 3.8) is 0 Å². The summed E-state index contributed by atoms with van der Waals surface area (Å²) in [4.78, 5) is 25.4. The first-order chi connectivity index (χ1) is 8.06. The van der Waals surface area contributed by atoms with Crippen LogP contribution in [0.1, 0.15) is 40.0 Å². The van der Waals surface area contributed by atoms with E-state index >= 15 is 0 Å². The number of piperidine rings is 1. The maximum Gasteiger partial charge on any atom is 0.225 e.